The van der Waals surface area contributed by atoms with Crippen molar-refractivity contribution in [3.8, 4) is 0 Å². The van der Waals surface area contributed by atoms with Crippen LogP contribution in [0.2, 0.25) is 0 Å². The Bertz CT molecular complexity index is 407. The van der Waals surface area contributed by atoms with E-state index in [0.29, 0.717) is 10.3 Å². The lowest BCUT2D eigenvalue weighted by molar-refractivity contribution is 0.171. The smallest absolute Gasteiger partial charge is 0.236 e. The summed E-state index contributed by atoms with van der Waals surface area (Å²) in [5.41, 5.74) is 6.10. The van der Waals surface area contributed by atoms with Crippen molar-refractivity contribution in [1.29, 1.82) is 5.41 Å². The van der Waals surface area contributed by atoms with Crippen LogP contribution in [0.1, 0.15) is 30.9 Å². The summed E-state index contributed by atoms with van der Waals surface area (Å²) < 4.78 is 0.617. The van der Waals surface area contributed by atoms with E-state index in [2.05, 4.69) is 10.3 Å². The van der Waals surface area contributed by atoms with Crippen LogP contribution in [0.25, 0.3) is 0 Å². The van der Waals surface area contributed by atoms with Gasteiger partial charge in [-0.3, -0.25) is 5.41 Å². The Morgan fingerprint density at radius 2 is 2.40 bits per heavy atom. The lowest BCUT2D eigenvalue weighted by atomic mass is 10.00. The van der Waals surface area contributed by atoms with Gasteiger partial charge in [-0.1, -0.05) is 6.42 Å². The van der Waals surface area contributed by atoms with E-state index in [4.69, 9.17) is 11.1 Å². The lowest BCUT2D eigenvalue weighted by Gasteiger charge is -2.23. The van der Waals surface area contributed by atoms with Gasteiger partial charge in [0, 0.05) is 17.8 Å². The molecule has 1 aromatic rings. The molecular formula is C9H15N5O. The van der Waals surface area contributed by atoms with Gasteiger partial charge >= 0.3 is 0 Å². The standard InChI is InChI=1S/C9H15N5O/c10-8-6(5-13-9(11)14(8)15)7-3-1-2-4-12-7/h5,7,10,12,15H,1-4H2,(H2,11,13). The molecule has 2 heterocycles. The summed E-state index contributed by atoms with van der Waals surface area (Å²) in [6, 6.07) is 0.109. The zero-order chi connectivity index (χ0) is 10.8. The van der Waals surface area contributed by atoms with Crippen LogP contribution in [-0.4, -0.2) is 21.5 Å². The average molecular weight is 209 g/mol. The van der Waals surface area contributed by atoms with Gasteiger partial charge in [-0.25, -0.2) is 4.98 Å². The predicted molar refractivity (Wildman–Crippen MR) is 54.3 cm³/mol. The molecule has 1 aromatic heterocycles. The van der Waals surface area contributed by atoms with Crippen molar-refractivity contribution in [2.24, 2.45) is 0 Å². The number of nitrogens with two attached hydrogens (primary N) is 1. The largest absolute Gasteiger partial charge is 0.423 e. The normalized spacial score (nSPS) is 21.5. The maximum atomic E-state index is 9.43. The van der Waals surface area contributed by atoms with E-state index in [9.17, 15) is 5.21 Å². The van der Waals surface area contributed by atoms with Crippen LogP contribution >= 0.6 is 0 Å². The number of piperidine rings is 1. The minimum Gasteiger partial charge on any atom is -0.423 e. The second-order valence-corrected chi connectivity index (χ2v) is 3.73. The third-order valence-electron chi connectivity index (χ3n) is 2.72. The quantitative estimate of drug-likeness (QED) is 0.489. The van der Waals surface area contributed by atoms with Crippen molar-refractivity contribution in [3.63, 3.8) is 0 Å². The van der Waals surface area contributed by atoms with Gasteiger partial charge in [-0.2, -0.15) is 0 Å². The zero-order valence-corrected chi connectivity index (χ0v) is 8.40. The van der Waals surface area contributed by atoms with Crippen molar-refractivity contribution in [3.05, 3.63) is 17.2 Å². The Morgan fingerprint density at radius 3 is 3.07 bits per heavy atom. The second-order valence-electron chi connectivity index (χ2n) is 3.73. The average Bonchev–Trinajstić information content (AvgIpc) is 2.27. The van der Waals surface area contributed by atoms with E-state index >= 15 is 0 Å². The number of hydrogen-bond donors (Lipinski definition) is 4. The highest BCUT2D eigenvalue weighted by Gasteiger charge is 2.18. The molecule has 1 unspecified atom stereocenters. The molecule has 6 heteroatoms. The summed E-state index contributed by atoms with van der Waals surface area (Å²) in [6.07, 6.45) is 4.82. The van der Waals surface area contributed by atoms with Gasteiger partial charge in [0.2, 0.25) is 5.95 Å². The molecule has 82 valence electrons. The zero-order valence-electron chi connectivity index (χ0n) is 8.40. The first kappa shape index (κ1) is 9.97. The highest BCUT2D eigenvalue weighted by Crippen LogP contribution is 2.19. The SMILES string of the molecule is N=c1c(C2CCCCN2)cnc(N)n1O. The number of hydrogen-bond acceptors (Lipinski definition) is 5. The van der Waals surface area contributed by atoms with Crippen LogP contribution in [0.3, 0.4) is 0 Å². The van der Waals surface area contributed by atoms with Gasteiger partial charge in [0.15, 0.2) is 5.49 Å². The molecule has 6 nitrogen and oxygen atoms in total. The molecular weight excluding hydrogens is 194 g/mol. The molecule has 0 aromatic carbocycles. The molecule has 15 heavy (non-hydrogen) atoms. The molecule has 0 spiro atoms. The molecule has 1 atom stereocenters. The number of nitrogen functional groups attached to an aromatic ring is 1. The lowest BCUT2D eigenvalue weighted by Crippen LogP contribution is -2.34. The van der Waals surface area contributed by atoms with Crippen molar-refractivity contribution in [2.45, 2.75) is 25.3 Å². The minimum atomic E-state index is -0.0560. The molecule has 1 saturated heterocycles. The van der Waals surface area contributed by atoms with Gasteiger partial charge in [0.05, 0.1) is 0 Å². The van der Waals surface area contributed by atoms with E-state index in [1.165, 1.54) is 0 Å². The molecule has 1 aliphatic heterocycles. The Balaban J connectivity index is 2.35. The number of rotatable bonds is 1. The fourth-order valence-electron chi connectivity index (χ4n) is 1.86. The van der Waals surface area contributed by atoms with E-state index in [-0.39, 0.29) is 17.5 Å². The van der Waals surface area contributed by atoms with Gasteiger partial charge < -0.3 is 16.3 Å². The van der Waals surface area contributed by atoms with Gasteiger partial charge in [0.1, 0.15) is 0 Å². The Kier molecular flexibility index (Phi) is 2.59. The van der Waals surface area contributed by atoms with Crippen LogP contribution in [0.5, 0.6) is 0 Å². The summed E-state index contributed by atoms with van der Waals surface area (Å²) >= 11 is 0. The molecule has 0 amide bonds. The first-order valence-electron chi connectivity index (χ1n) is 5.05. The molecule has 0 bridgehead atoms. The van der Waals surface area contributed by atoms with Gasteiger partial charge in [-0.15, -0.1) is 4.73 Å². The van der Waals surface area contributed by atoms with E-state index in [1.807, 2.05) is 0 Å². The minimum absolute atomic E-state index is 0.0156. The molecule has 0 saturated carbocycles. The fourth-order valence-corrected chi connectivity index (χ4v) is 1.86. The van der Waals surface area contributed by atoms with E-state index in [1.54, 1.807) is 6.20 Å². The third-order valence-corrected chi connectivity index (χ3v) is 2.72. The summed E-state index contributed by atoms with van der Waals surface area (Å²) in [6.45, 7) is 0.944. The number of anilines is 1. The number of nitrogens with zero attached hydrogens (tertiary/aromatic N) is 2. The summed E-state index contributed by atoms with van der Waals surface area (Å²) in [5, 5.41) is 20.5. The van der Waals surface area contributed by atoms with Crippen LogP contribution < -0.4 is 16.5 Å². The van der Waals surface area contributed by atoms with Crippen LogP contribution in [0, 0.1) is 5.41 Å². The molecule has 0 radical (unpaired) electrons. The maximum Gasteiger partial charge on any atom is 0.236 e. The van der Waals surface area contributed by atoms with Gasteiger partial charge in [0.25, 0.3) is 0 Å². The molecule has 0 aliphatic carbocycles. The summed E-state index contributed by atoms with van der Waals surface area (Å²) in [5.74, 6) is -0.0560. The predicted octanol–water partition coefficient (Wildman–Crippen LogP) is -0.00333. The fraction of sp³-hybridized carbons (Fsp3) is 0.556. The Morgan fingerprint density at radius 1 is 1.60 bits per heavy atom. The number of aromatic nitrogens is 2. The first-order chi connectivity index (χ1) is 7.20. The van der Waals surface area contributed by atoms with Crippen molar-refractivity contribution < 1.29 is 5.21 Å². The van der Waals surface area contributed by atoms with Crippen molar-refractivity contribution in [2.75, 3.05) is 12.3 Å². The Hall–Kier alpha value is -1.56. The third kappa shape index (κ3) is 1.80. The van der Waals surface area contributed by atoms with Crippen LogP contribution in [0.4, 0.5) is 5.95 Å². The molecule has 1 fully saturated rings. The monoisotopic (exact) mass is 209 g/mol. The second kappa shape index (κ2) is 3.90. The summed E-state index contributed by atoms with van der Waals surface area (Å²) in [4.78, 5) is 3.85. The first-order valence-corrected chi connectivity index (χ1v) is 5.05. The van der Waals surface area contributed by atoms with E-state index in [0.717, 1.165) is 25.8 Å². The maximum absolute atomic E-state index is 9.43. The summed E-state index contributed by atoms with van der Waals surface area (Å²) in [7, 11) is 0. The van der Waals surface area contributed by atoms with Crippen LogP contribution in [-0.2, 0) is 0 Å². The molecule has 2 rings (SSSR count). The van der Waals surface area contributed by atoms with Crippen molar-refractivity contribution >= 4 is 5.95 Å². The highest BCUT2D eigenvalue weighted by atomic mass is 16.5. The topological polar surface area (TPSA) is 100.0 Å². The van der Waals surface area contributed by atoms with Crippen molar-refractivity contribution in [1.82, 2.24) is 15.0 Å². The van der Waals surface area contributed by atoms with Gasteiger partial charge in [-0.05, 0) is 19.4 Å². The van der Waals surface area contributed by atoms with E-state index < -0.39 is 0 Å². The molecule has 5 N–H and O–H groups in total. The number of nitrogens with one attached hydrogen (secondary N) is 2. The Labute approximate surface area is 87.2 Å². The van der Waals surface area contributed by atoms with Crippen LogP contribution in [0.15, 0.2) is 6.20 Å². The molecule has 1 aliphatic rings. The highest BCUT2D eigenvalue weighted by molar-refractivity contribution is 5.20.